The fourth-order valence-corrected chi connectivity index (χ4v) is 3.14. The van der Waals surface area contributed by atoms with Crippen LogP contribution in [0.15, 0.2) is 60.8 Å². The van der Waals surface area contributed by atoms with Gasteiger partial charge in [-0.15, -0.1) is 0 Å². The summed E-state index contributed by atoms with van der Waals surface area (Å²) in [5.74, 6) is 1.39. The Kier molecular flexibility index (Phi) is 7.54. The van der Waals surface area contributed by atoms with Gasteiger partial charge in [0.25, 0.3) is 0 Å². The van der Waals surface area contributed by atoms with E-state index in [2.05, 4.69) is 10.3 Å². The average Bonchev–Trinajstić information content (AvgIpc) is 2.69. The van der Waals surface area contributed by atoms with E-state index in [1.807, 2.05) is 49.4 Å². The molecule has 0 aliphatic carbocycles. The summed E-state index contributed by atoms with van der Waals surface area (Å²) in [6.45, 7) is 4.26. The highest BCUT2D eigenvalue weighted by atomic mass is 35.5. The van der Waals surface area contributed by atoms with E-state index in [1.165, 1.54) is 0 Å². The summed E-state index contributed by atoms with van der Waals surface area (Å²) < 4.78 is 11.7. The van der Waals surface area contributed by atoms with Crippen molar-refractivity contribution >= 4 is 23.2 Å². The van der Waals surface area contributed by atoms with Crippen molar-refractivity contribution < 1.29 is 9.47 Å². The number of ether oxygens (including phenoxy) is 2. The number of aromatic nitrogens is 1. The molecule has 0 amide bonds. The highest BCUT2D eigenvalue weighted by Gasteiger charge is 2.09. The van der Waals surface area contributed by atoms with Crippen LogP contribution in [0.4, 0.5) is 0 Å². The number of nitrogens with zero attached hydrogens (tertiary/aromatic N) is 1. The first-order chi connectivity index (χ1) is 13.7. The maximum Gasteiger partial charge on any atom is 0.161 e. The van der Waals surface area contributed by atoms with E-state index in [0.717, 1.165) is 16.8 Å². The largest absolute Gasteiger partial charge is 0.490 e. The Balaban J connectivity index is 1.63. The Morgan fingerprint density at radius 2 is 1.82 bits per heavy atom. The van der Waals surface area contributed by atoms with Crippen LogP contribution < -0.4 is 14.8 Å². The molecule has 6 heteroatoms. The molecule has 0 saturated heterocycles. The lowest BCUT2D eigenvalue weighted by Crippen LogP contribution is -2.13. The number of halogens is 2. The van der Waals surface area contributed by atoms with Gasteiger partial charge in [0.1, 0.15) is 6.61 Å². The van der Waals surface area contributed by atoms with Gasteiger partial charge in [0.2, 0.25) is 0 Å². The number of hydrogen-bond donors (Lipinski definition) is 1. The fourth-order valence-electron chi connectivity index (χ4n) is 2.68. The zero-order chi connectivity index (χ0) is 19.8. The number of nitrogens with one attached hydrogen (secondary N) is 1. The van der Waals surface area contributed by atoms with Crippen molar-refractivity contribution in [3.8, 4) is 11.5 Å². The van der Waals surface area contributed by atoms with E-state index < -0.39 is 0 Å². The molecule has 0 saturated carbocycles. The van der Waals surface area contributed by atoms with Crippen molar-refractivity contribution in [2.24, 2.45) is 0 Å². The summed E-state index contributed by atoms with van der Waals surface area (Å²) in [6.07, 6.45) is 1.79. The van der Waals surface area contributed by atoms with Crippen LogP contribution in [0.25, 0.3) is 0 Å². The minimum atomic E-state index is 0.341. The van der Waals surface area contributed by atoms with Gasteiger partial charge in [0, 0.05) is 34.9 Å². The Labute approximate surface area is 175 Å². The summed E-state index contributed by atoms with van der Waals surface area (Å²) >= 11 is 12.2. The molecule has 4 nitrogen and oxygen atoms in total. The van der Waals surface area contributed by atoms with Crippen molar-refractivity contribution in [2.75, 3.05) is 6.61 Å². The molecular weight excluding hydrogens is 395 g/mol. The molecule has 1 heterocycles. The predicted octanol–water partition coefficient (Wildman–Crippen LogP) is 5.66. The van der Waals surface area contributed by atoms with E-state index >= 15 is 0 Å². The molecule has 0 atom stereocenters. The Bertz CT molecular complexity index is 904. The van der Waals surface area contributed by atoms with Crippen LogP contribution in [0.1, 0.15) is 23.7 Å². The van der Waals surface area contributed by atoms with E-state index in [-0.39, 0.29) is 0 Å². The third-order valence-corrected chi connectivity index (χ3v) is 4.65. The third kappa shape index (κ3) is 5.86. The van der Waals surface area contributed by atoms with E-state index in [0.29, 0.717) is 47.8 Å². The molecule has 0 unspecified atom stereocenters. The summed E-state index contributed by atoms with van der Waals surface area (Å²) in [5, 5.41) is 4.58. The maximum atomic E-state index is 6.22. The van der Waals surface area contributed by atoms with Gasteiger partial charge in [-0.3, -0.25) is 4.98 Å². The van der Waals surface area contributed by atoms with E-state index in [9.17, 15) is 0 Å². The molecule has 3 aromatic rings. The smallest absolute Gasteiger partial charge is 0.161 e. The Morgan fingerprint density at radius 3 is 2.57 bits per heavy atom. The van der Waals surface area contributed by atoms with Gasteiger partial charge in [-0.2, -0.15) is 0 Å². The van der Waals surface area contributed by atoms with Gasteiger partial charge >= 0.3 is 0 Å². The molecule has 0 fully saturated rings. The number of benzene rings is 2. The normalized spacial score (nSPS) is 10.7. The van der Waals surface area contributed by atoms with Crippen LogP contribution in [-0.4, -0.2) is 11.6 Å². The van der Waals surface area contributed by atoms with Crippen molar-refractivity contribution in [1.82, 2.24) is 10.3 Å². The summed E-state index contributed by atoms with van der Waals surface area (Å²) in [6, 6.07) is 17.2. The molecule has 1 N–H and O–H groups in total. The molecule has 0 spiro atoms. The second-order valence-electron chi connectivity index (χ2n) is 6.16. The second kappa shape index (κ2) is 10.3. The van der Waals surface area contributed by atoms with Crippen LogP contribution in [-0.2, 0) is 19.7 Å². The first-order valence-corrected chi connectivity index (χ1v) is 9.84. The van der Waals surface area contributed by atoms with Gasteiger partial charge < -0.3 is 14.8 Å². The number of rotatable bonds is 9. The van der Waals surface area contributed by atoms with E-state index in [1.54, 1.807) is 18.3 Å². The maximum absolute atomic E-state index is 6.22. The third-order valence-electron chi connectivity index (χ3n) is 4.07. The molecule has 1 aromatic heterocycles. The lowest BCUT2D eigenvalue weighted by Gasteiger charge is -2.14. The second-order valence-corrected chi connectivity index (χ2v) is 7.01. The van der Waals surface area contributed by atoms with Crippen LogP contribution in [0.3, 0.4) is 0 Å². The summed E-state index contributed by atoms with van der Waals surface area (Å²) in [7, 11) is 0. The first-order valence-electron chi connectivity index (χ1n) is 9.08. The SMILES string of the molecule is CCOc1cc(CNCc2ccccn2)ccc1OCc1ccc(Cl)cc1Cl. The van der Waals surface area contributed by atoms with Crippen molar-refractivity contribution in [3.05, 3.63) is 87.7 Å². The summed E-state index contributed by atoms with van der Waals surface area (Å²) in [5.41, 5.74) is 2.98. The summed E-state index contributed by atoms with van der Waals surface area (Å²) in [4.78, 5) is 4.31. The highest BCUT2D eigenvalue weighted by molar-refractivity contribution is 6.35. The zero-order valence-corrected chi connectivity index (χ0v) is 17.1. The topological polar surface area (TPSA) is 43.4 Å². The lowest BCUT2D eigenvalue weighted by atomic mass is 10.2. The molecule has 0 bridgehead atoms. The van der Waals surface area contributed by atoms with Gasteiger partial charge in [0.15, 0.2) is 11.5 Å². The van der Waals surface area contributed by atoms with E-state index in [4.69, 9.17) is 32.7 Å². The molecular formula is C22H22Cl2N2O2. The first kappa shape index (κ1) is 20.5. The molecule has 146 valence electrons. The van der Waals surface area contributed by atoms with Crippen molar-refractivity contribution in [2.45, 2.75) is 26.6 Å². The minimum Gasteiger partial charge on any atom is -0.490 e. The fraction of sp³-hybridized carbons (Fsp3) is 0.227. The number of hydrogen-bond acceptors (Lipinski definition) is 4. The molecule has 2 aromatic carbocycles. The van der Waals surface area contributed by atoms with Crippen LogP contribution in [0.2, 0.25) is 10.0 Å². The Morgan fingerprint density at radius 1 is 0.929 bits per heavy atom. The van der Waals surface area contributed by atoms with Crippen LogP contribution >= 0.6 is 23.2 Å². The molecule has 3 rings (SSSR count). The highest BCUT2D eigenvalue weighted by Crippen LogP contribution is 2.30. The molecule has 28 heavy (non-hydrogen) atoms. The predicted molar refractivity (Wildman–Crippen MR) is 113 cm³/mol. The van der Waals surface area contributed by atoms with Crippen LogP contribution in [0.5, 0.6) is 11.5 Å². The zero-order valence-electron chi connectivity index (χ0n) is 15.6. The van der Waals surface area contributed by atoms with Gasteiger partial charge in [-0.05, 0) is 48.9 Å². The quantitative estimate of drug-likeness (QED) is 0.488. The minimum absolute atomic E-state index is 0.341. The van der Waals surface area contributed by atoms with Crippen LogP contribution in [0, 0.1) is 0 Å². The molecule has 0 aliphatic rings. The Hall–Kier alpha value is -2.27. The number of pyridine rings is 1. The van der Waals surface area contributed by atoms with Crippen molar-refractivity contribution in [3.63, 3.8) is 0 Å². The standard InChI is InChI=1S/C22H22Cl2N2O2/c1-2-27-22-11-16(13-25-14-19-5-3-4-10-26-19)6-9-21(22)28-15-17-7-8-18(23)12-20(17)24/h3-12,25H,2,13-15H2,1H3. The van der Waals surface area contributed by atoms with Crippen molar-refractivity contribution in [1.29, 1.82) is 0 Å². The van der Waals surface area contributed by atoms with Gasteiger partial charge in [-0.1, -0.05) is 41.4 Å². The molecule has 0 aliphatic heterocycles. The molecule has 0 radical (unpaired) electrons. The van der Waals surface area contributed by atoms with Gasteiger partial charge in [0.05, 0.1) is 12.3 Å². The lowest BCUT2D eigenvalue weighted by molar-refractivity contribution is 0.269. The average molecular weight is 417 g/mol. The van der Waals surface area contributed by atoms with Gasteiger partial charge in [-0.25, -0.2) is 0 Å². The monoisotopic (exact) mass is 416 g/mol.